The van der Waals surface area contributed by atoms with Gasteiger partial charge < -0.3 is 24.6 Å². The van der Waals surface area contributed by atoms with Crippen LogP contribution in [0.1, 0.15) is 29.7 Å². The van der Waals surface area contributed by atoms with E-state index in [1.807, 2.05) is 0 Å². The molecule has 1 N–H and O–H groups in total. The minimum absolute atomic E-state index is 0.0421. The van der Waals surface area contributed by atoms with Crippen LogP contribution in [0.2, 0.25) is 0 Å². The third kappa shape index (κ3) is 5.43. The third-order valence-corrected chi connectivity index (χ3v) is 6.50. The fourth-order valence-corrected chi connectivity index (χ4v) is 4.58. The molecule has 3 aliphatic heterocycles. The standard InChI is InChI=1S/C23H25F4N7O3/c1-13(24)21(35)34-6-4-16-18(9-34)29-12-30-19(16)33-5-2-3-14(8-33)31-22-28-7-17(23(25,26)27)20(32-22)37-15-10-36-11-15/h7,12,14-15H,1-6,8-11H2,(H,28,31,32)/t14-/m1/s1. The number of piperidine rings is 1. The fourth-order valence-electron chi connectivity index (χ4n) is 4.58. The van der Waals surface area contributed by atoms with Crippen molar-refractivity contribution in [2.75, 3.05) is 43.1 Å². The van der Waals surface area contributed by atoms with Gasteiger partial charge in [-0.2, -0.15) is 18.2 Å². The average Bonchev–Trinajstić information content (AvgIpc) is 2.84. The highest BCUT2D eigenvalue weighted by atomic mass is 19.4. The molecule has 10 nitrogen and oxygen atoms in total. The maximum Gasteiger partial charge on any atom is 0.423 e. The molecule has 3 aliphatic rings. The van der Waals surface area contributed by atoms with Crippen LogP contribution >= 0.6 is 0 Å². The van der Waals surface area contributed by atoms with Gasteiger partial charge in [0, 0.05) is 37.4 Å². The Morgan fingerprint density at radius 1 is 1.22 bits per heavy atom. The van der Waals surface area contributed by atoms with Gasteiger partial charge in [-0.05, 0) is 19.3 Å². The molecule has 0 saturated carbocycles. The van der Waals surface area contributed by atoms with Crippen molar-refractivity contribution in [3.8, 4) is 5.88 Å². The maximum atomic E-state index is 13.4. The summed E-state index contributed by atoms with van der Waals surface area (Å²) in [6, 6.07) is -0.160. The van der Waals surface area contributed by atoms with E-state index in [0.29, 0.717) is 25.2 Å². The lowest BCUT2D eigenvalue weighted by atomic mass is 10.0. The van der Waals surface area contributed by atoms with E-state index in [4.69, 9.17) is 9.47 Å². The molecule has 2 saturated heterocycles. The molecule has 2 aromatic rings. The van der Waals surface area contributed by atoms with Crippen LogP contribution in [0.5, 0.6) is 5.88 Å². The monoisotopic (exact) mass is 523 g/mol. The molecule has 198 valence electrons. The SMILES string of the molecule is C=C(F)C(=O)N1CCc2c(ncnc2N2CCC[C@@H](Nc3ncc(C(F)(F)F)c(OC4COC4)n3)C2)C1. The Morgan fingerprint density at radius 2 is 2.03 bits per heavy atom. The number of rotatable bonds is 6. The Morgan fingerprint density at radius 3 is 2.73 bits per heavy atom. The summed E-state index contributed by atoms with van der Waals surface area (Å²) < 4.78 is 64.0. The fraction of sp³-hybridized carbons (Fsp3) is 0.522. The van der Waals surface area contributed by atoms with Crippen molar-refractivity contribution in [1.29, 1.82) is 0 Å². The van der Waals surface area contributed by atoms with Gasteiger partial charge in [-0.1, -0.05) is 6.58 Å². The van der Waals surface area contributed by atoms with Crippen molar-refractivity contribution in [2.45, 2.75) is 44.1 Å². The first-order chi connectivity index (χ1) is 17.7. The number of carbonyl (C=O) groups is 1. The predicted molar refractivity (Wildman–Crippen MR) is 123 cm³/mol. The van der Waals surface area contributed by atoms with E-state index in [1.165, 1.54) is 11.2 Å². The number of amides is 1. The second-order valence-corrected chi connectivity index (χ2v) is 9.12. The zero-order chi connectivity index (χ0) is 26.2. The van der Waals surface area contributed by atoms with Gasteiger partial charge >= 0.3 is 6.18 Å². The summed E-state index contributed by atoms with van der Waals surface area (Å²) in [5.74, 6) is -1.52. The summed E-state index contributed by atoms with van der Waals surface area (Å²) in [4.78, 5) is 32.1. The second-order valence-electron chi connectivity index (χ2n) is 9.12. The smallest absolute Gasteiger partial charge is 0.423 e. The van der Waals surface area contributed by atoms with Gasteiger partial charge in [0.05, 0.1) is 25.5 Å². The number of hydrogen-bond acceptors (Lipinski definition) is 9. The van der Waals surface area contributed by atoms with E-state index in [-0.39, 0.29) is 31.7 Å². The molecule has 1 atom stereocenters. The Balaban J connectivity index is 1.30. The summed E-state index contributed by atoms with van der Waals surface area (Å²) >= 11 is 0. The number of aromatic nitrogens is 4. The molecule has 0 unspecified atom stereocenters. The molecule has 1 amide bonds. The van der Waals surface area contributed by atoms with E-state index >= 15 is 0 Å². The number of ether oxygens (including phenoxy) is 2. The molecule has 5 heterocycles. The number of hydrogen-bond donors (Lipinski definition) is 1. The largest absolute Gasteiger partial charge is 0.469 e. The molecule has 2 fully saturated rings. The van der Waals surface area contributed by atoms with E-state index in [9.17, 15) is 22.4 Å². The quantitative estimate of drug-likeness (QED) is 0.452. The Bertz CT molecular complexity index is 1190. The Hall–Kier alpha value is -3.55. The molecule has 0 radical (unpaired) electrons. The van der Waals surface area contributed by atoms with E-state index in [2.05, 4.69) is 36.7 Å². The zero-order valence-corrected chi connectivity index (χ0v) is 19.8. The molecule has 37 heavy (non-hydrogen) atoms. The maximum absolute atomic E-state index is 13.4. The van der Waals surface area contributed by atoms with E-state index in [0.717, 1.165) is 37.0 Å². The molecule has 2 aromatic heterocycles. The topological polar surface area (TPSA) is 106 Å². The summed E-state index contributed by atoms with van der Waals surface area (Å²) in [6.45, 7) is 5.20. The van der Waals surface area contributed by atoms with Crippen molar-refractivity contribution in [3.63, 3.8) is 0 Å². The minimum Gasteiger partial charge on any atom is -0.469 e. The lowest BCUT2D eigenvalue weighted by Gasteiger charge is -2.36. The van der Waals surface area contributed by atoms with E-state index in [1.54, 1.807) is 0 Å². The summed E-state index contributed by atoms with van der Waals surface area (Å²) in [7, 11) is 0. The van der Waals surface area contributed by atoms with Crippen LogP contribution in [0.25, 0.3) is 0 Å². The summed E-state index contributed by atoms with van der Waals surface area (Å²) in [6.07, 6.45) is -0.974. The van der Waals surface area contributed by atoms with Gasteiger partial charge in [0.25, 0.3) is 5.91 Å². The van der Waals surface area contributed by atoms with Crippen molar-refractivity contribution in [2.24, 2.45) is 0 Å². The average molecular weight is 523 g/mol. The molecule has 0 bridgehead atoms. The number of anilines is 2. The molecule has 0 spiro atoms. The second kappa shape index (κ2) is 10.1. The third-order valence-electron chi connectivity index (χ3n) is 6.50. The zero-order valence-electron chi connectivity index (χ0n) is 19.8. The molecule has 0 aliphatic carbocycles. The lowest BCUT2D eigenvalue weighted by Crippen LogP contribution is -2.44. The normalized spacial score (nSPS) is 20.2. The molecule has 14 heteroatoms. The van der Waals surface area contributed by atoms with Crippen molar-refractivity contribution in [1.82, 2.24) is 24.8 Å². The number of nitrogens with zero attached hydrogens (tertiary/aromatic N) is 6. The van der Waals surface area contributed by atoms with Crippen molar-refractivity contribution in [3.05, 3.63) is 41.8 Å². The molecule has 5 rings (SSSR count). The number of alkyl halides is 3. The van der Waals surface area contributed by atoms with Gasteiger partial charge in [0.2, 0.25) is 11.8 Å². The van der Waals surface area contributed by atoms with Gasteiger partial charge in [0.15, 0.2) is 5.83 Å². The minimum atomic E-state index is -4.65. The van der Waals surface area contributed by atoms with Crippen LogP contribution in [0.15, 0.2) is 24.9 Å². The lowest BCUT2D eigenvalue weighted by molar-refractivity contribution is -0.142. The van der Waals surface area contributed by atoms with Crippen molar-refractivity contribution < 1.29 is 31.8 Å². The van der Waals surface area contributed by atoms with Gasteiger partial charge in [-0.3, -0.25) is 4.79 Å². The van der Waals surface area contributed by atoms with Crippen LogP contribution in [0.4, 0.5) is 29.3 Å². The molecular weight excluding hydrogens is 498 g/mol. The predicted octanol–water partition coefficient (Wildman–Crippen LogP) is 2.51. The van der Waals surface area contributed by atoms with Crippen LogP contribution in [-0.4, -0.2) is 75.7 Å². The highest BCUT2D eigenvalue weighted by molar-refractivity contribution is 5.90. The number of halogens is 4. The number of carbonyl (C=O) groups excluding carboxylic acids is 1. The summed E-state index contributed by atoms with van der Waals surface area (Å²) in [5.41, 5.74) is 0.501. The van der Waals surface area contributed by atoms with Crippen LogP contribution in [-0.2, 0) is 28.7 Å². The first kappa shape index (κ1) is 25.1. The Labute approximate surface area is 209 Å². The van der Waals surface area contributed by atoms with Crippen molar-refractivity contribution >= 4 is 17.7 Å². The molecule has 0 aromatic carbocycles. The van der Waals surface area contributed by atoms with Crippen LogP contribution < -0.4 is 15.0 Å². The van der Waals surface area contributed by atoms with Gasteiger partial charge in [-0.25, -0.2) is 19.3 Å². The van der Waals surface area contributed by atoms with Crippen LogP contribution in [0, 0.1) is 0 Å². The highest BCUT2D eigenvalue weighted by Crippen LogP contribution is 2.36. The summed E-state index contributed by atoms with van der Waals surface area (Å²) in [5, 5.41) is 3.13. The number of fused-ring (bicyclic) bond motifs is 1. The first-order valence-electron chi connectivity index (χ1n) is 11.9. The van der Waals surface area contributed by atoms with Gasteiger partial charge in [0.1, 0.15) is 23.8 Å². The van der Waals surface area contributed by atoms with Gasteiger partial charge in [-0.15, -0.1) is 0 Å². The van der Waals surface area contributed by atoms with Crippen LogP contribution in [0.3, 0.4) is 0 Å². The first-order valence-corrected chi connectivity index (χ1v) is 11.9. The Kier molecular flexibility index (Phi) is 6.84. The highest BCUT2D eigenvalue weighted by Gasteiger charge is 2.38. The molecular formula is C23H25F4N7O3. The van der Waals surface area contributed by atoms with E-state index < -0.39 is 35.5 Å². The number of nitrogens with one attached hydrogen (secondary N) is 1.